The molecule has 1 amide bonds. The van der Waals surface area contributed by atoms with Crippen LogP contribution in [0.3, 0.4) is 0 Å². The largest absolute Gasteiger partial charge is 0.466 e. The maximum Gasteiger partial charge on any atom is 0.305 e. The van der Waals surface area contributed by atoms with Crippen LogP contribution in [-0.2, 0) is 14.3 Å². The molecule has 0 spiro atoms. The molecular weight excluding hydrogens is 911 g/mol. The maximum absolute atomic E-state index is 12.5. The van der Waals surface area contributed by atoms with E-state index in [0.29, 0.717) is 19.4 Å². The molecule has 0 saturated carbocycles. The fourth-order valence-corrected chi connectivity index (χ4v) is 10.0. The number of ether oxygens (including phenoxy) is 1. The minimum Gasteiger partial charge on any atom is -0.466 e. The van der Waals surface area contributed by atoms with E-state index in [1.54, 1.807) is 6.08 Å². The Hall–Kier alpha value is -2.18. The number of aliphatic hydroxyl groups excluding tert-OH is 2. The van der Waals surface area contributed by atoms with Crippen molar-refractivity contribution < 1.29 is 24.5 Å². The molecule has 0 aromatic rings. The fraction of sp³-hybridized carbons (Fsp3) is 0.853. The Labute approximate surface area is 461 Å². The van der Waals surface area contributed by atoms with Crippen LogP contribution in [0.25, 0.3) is 0 Å². The molecule has 0 rings (SSSR count). The Balaban J connectivity index is 3.37. The van der Waals surface area contributed by atoms with E-state index in [9.17, 15) is 19.8 Å². The van der Waals surface area contributed by atoms with Gasteiger partial charge in [0, 0.05) is 12.8 Å². The van der Waals surface area contributed by atoms with Gasteiger partial charge < -0.3 is 20.3 Å². The van der Waals surface area contributed by atoms with Crippen molar-refractivity contribution in [2.24, 2.45) is 0 Å². The highest BCUT2D eigenvalue weighted by Gasteiger charge is 2.18. The molecule has 0 aliphatic rings. The highest BCUT2D eigenvalue weighted by atomic mass is 16.5. The van der Waals surface area contributed by atoms with Gasteiger partial charge in [-0.3, -0.25) is 9.59 Å². The number of carbonyl (C=O) groups excluding carboxylic acids is 2. The lowest BCUT2D eigenvalue weighted by atomic mass is 10.0. The summed E-state index contributed by atoms with van der Waals surface area (Å²) in [6.07, 6.45) is 81.8. The maximum atomic E-state index is 12.5. The van der Waals surface area contributed by atoms with E-state index < -0.39 is 12.1 Å². The Morgan fingerprint density at radius 3 is 1.09 bits per heavy atom. The van der Waals surface area contributed by atoms with Crippen LogP contribution >= 0.6 is 0 Å². The molecule has 0 aromatic carbocycles. The van der Waals surface area contributed by atoms with Gasteiger partial charge in [0.15, 0.2) is 0 Å². The zero-order valence-corrected chi connectivity index (χ0v) is 49.6. The molecule has 0 saturated heterocycles. The minimum absolute atomic E-state index is 0.00171. The lowest BCUT2D eigenvalue weighted by Crippen LogP contribution is -2.45. The molecule has 3 N–H and O–H groups in total. The number of esters is 1. The van der Waals surface area contributed by atoms with Gasteiger partial charge in [-0.25, -0.2) is 0 Å². The molecular formula is C68H127NO5. The molecule has 0 fully saturated rings. The van der Waals surface area contributed by atoms with Crippen molar-refractivity contribution >= 4 is 11.9 Å². The zero-order chi connectivity index (χ0) is 53.6. The SMILES string of the molecule is CCC/C=C\C/C=C\CCCCCCCC(=O)OCCCCCCCCCCCCCC/C=C\CCCCCCCCCCCCCCCCCC(=O)NC(CO)C(O)/C=C/CCCCCCCCCCCCC. The summed E-state index contributed by atoms with van der Waals surface area (Å²) >= 11 is 0. The third-order valence-electron chi connectivity index (χ3n) is 15.0. The summed E-state index contributed by atoms with van der Waals surface area (Å²) in [7, 11) is 0. The normalized spacial score (nSPS) is 12.9. The summed E-state index contributed by atoms with van der Waals surface area (Å²) in [5.41, 5.74) is 0. The van der Waals surface area contributed by atoms with Gasteiger partial charge >= 0.3 is 5.97 Å². The first-order valence-electron chi connectivity index (χ1n) is 32.9. The lowest BCUT2D eigenvalue weighted by Gasteiger charge is -2.20. The Bertz CT molecular complexity index is 1240. The van der Waals surface area contributed by atoms with Gasteiger partial charge in [-0.15, -0.1) is 0 Å². The van der Waals surface area contributed by atoms with Gasteiger partial charge in [-0.1, -0.05) is 300 Å². The van der Waals surface area contributed by atoms with Crippen LogP contribution in [0.5, 0.6) is 0 Å². The number of amides is 1. The average molecular weight is 1040 g/mol. The molecule has 2 unspecified atom stereocenters. The third-order valence-corrected chi connectivity index (χ3v) is 15.0. The van der Waals surface area contributed by atoms with Gasteiger partial charge in [-0.05, 0) is 83.5 Å². The summed E-state index contributed by atoms with van der Waals surface area (Å²) in [4.78, 5) is 24.5. The van der Waals surface area contributed by atoms with Crippen molar-refractivity contribution in [2.75, 3.05) is 13.2 Å². The Morgan fingerprint density at radius 1 is 0.378 bits per heavy atom. The van der Waals surface area contributed by atoms with Gasteiger partial charge in [0.2, 0.25) is 5.91 Å². The van der Waals surface area contributed by atoms with Crippen LogP contribution < -0.4 is 5.32 Å². The van der Waals surface area contributed by atoms with Crippen LogP contribution in [0.1, 0.15) is 348 Å². The standard InChI is InChI=1S/C68H127NO5/c1-3-5-7-9-11-13-15-36-40-44-48-52-56-60-66(71)65(64-70)69-67(72)61-57-53-49-45-41-38-34-32-30-28-26-24-22-20-18-17-19-21-23-25-27-29-31-33-35-39-43-47-51-55-59-63-74-68(73)62-58-54-50-46-42-37-16-14-12-10-8-6-4-2/h8,10,14,16,19,21,56,60,65-66,70-71H,3-7,9,11-13,15,17-18,20,22-55,57-59,61-64H2,1-2H3,(H,69,72)/b10-8-,16-14-,21-19-,60-56+. The first-order valence-corrected chi connectivity index (χ1v) is 32.9. The van der Waals surface area contributed by atoms with E-state index in [1.807, 2.05) is 6.08 Å². The van der Waals surface area contributed by atoms with E-state index in [2.05, 4.69) is 55.6 Å². The number of hydrogen-bond acceptors (Lipinski definition) is 5. The van der Waals surface area contributed by atoms with Crippen molar-refractivity contribution in [3.63, 3.8) is 0 Å². The summed E-state index contributed by atoms with van der Waals surface area (Å²) in [5, 5.41) is 23.1. The quantitative estimate of drug-likeness (QED) is 0.0320. The summed E-state index contributed by atoms with van der Waals surface area (Å²) in [6.45, 7) is 4.84. The molecule has 0 aliphatic carbocycles. The lowest BCUT2D eigenvalue weighted by molar-refractivity contribution is -0.143. The van der Waals surface area contributed by atoms with Crippen molar-refractivity contribution in [2.45, 2.75) is 360 Å². The van der Waals surface area contributed by atoms with E-state index in [-0.39, 0.29) is 18.5 Å². The minimum atomic E-state index is -0.842. The molecule has 0 radical (unpaired) electrons. The second-order valence-electron chi connectivity index (χ2n) is 22.4. The summed E-state index contributed by atoms with van der Waals surface area (Å²) in [5.74, 6) is -0.0638. The Morgan fingerprint density at radius 2 is 0.703 bits per heavy atom. The van der Waals surface area contributed by atoms with Crippen LogP contribution in [0.4, 0.5) is 0 Å². The number of aliphatic hydroxyl groups is 2. The smallest absolute Gasteiger partial charge is 0.305 e. The first-order chi connectivity index (χ1) is 36.5. The number of rotatable bonds is 61. The van der Waals surface area contributed by atoms with E-state index in [4.69, 9.17) is 4.74 Å². The predicted molar refractivity (Wildman–Crippen MR) is 324 cm³/mol. The van der Waals surface area contributed by atoms with Gasteiger partial charge in [0.05, 0.1) is 25.4 Å². The molecule has 0 heterocycles. The van der Waals surface area contributed by atoms with E-state index in [0.717, 1.165) is 51.4 Å². The number of unbranched alkanes of at least 4 members (excludes halogenated alkanes) is 44. The number of carbonyl (C=O) groups is 2. The highest BCUT2D eigenvalue weighted by molar-refractivity contribution is 5.76. The number of nitrogens with one attached hydrogen (secondary N) is 1. The average Bonchev–Trinajstić information content (AvgIpc) is 3.40. The molecule has 0 aliphatic heterocycles. The van der Waals surface area contributed by atoms with Gasteiger partial charge in [-0.2, -0.15) is 0 Å². The molecule has 6 nitrogen and oxygen atoms in total. The first kappa shape index (κ1) is 71.8. The molecule has 2 atom stereocenters. The van der Waals surface area contributed by atoms with Crippen LogP contribution in [-0.4, -0.2) is 47.4 Å². The molecule has 434 valence electrons. The van der Waals surface area contributed by atoms with Crippen molar-refractivity contribution in [3.8, 4) is 0 Å². The van der Waals surface area contributed by atoms with Crippen molar-refractivity contribution in [3.05, 3.63) is 48.6 Å². The monoisotopic (exact) mass is 1040 g/mol. The second-order valence-corrected chi connectivity index (χ2v) is 22.4. The highest BCUT2D eigenvalue weighted by Crippen LogP contribution is 2.17. The molecule has 74 heavy (non-hydrogen) atoms. The van der Waals surface area contributed by atoms with E-state index >= 15 is 0 Å². The van der Waals surface area contributed by atoms with Gasteiger partial charge in [0.1, 0.15) is 0 Å². The van der Waals surface area contributed by atoms with Crippen LogP contribution in [0, 0.1) is 0 Å². The summed E-state index contributed by atoms with van der Waals surface area (Å²) in [6, 6.07) is -0.626. The molecule has 6 heteroatoms. The van der Waals surface area contributed by atoms with Crippen molar-refractivity contribution in [1.82, 2.24) is 5.32 Å². The van der Waals surface area contributed by atoms with Gasteiger partial charge in [0.25, 0.3) is 0 Å². The van der Waals surface area contributed by atoms with E-state index in [1.165, 1.54) is 270 Å². The Kier molecular flexibility index (Phi) is 61.5. The molecule has 0 aromatic heterocycles. The second kappa shape index (κ2) is 63.4. The number of hydrogen-bond donors (Lipinski definition) is 3. The fourth-order valence-electron chi connectivity index (χ4n) is 10.0. The number of allylic oxidation sites excluding steroid dienone is 7. The third kappa shape index (κ3) is 59.1. The predicted octanol–water partition coefficient (Wildman–Crippen LogP) is 20.9. The summed E-state index contributed by atoms with van der Waals surface area (Å²) < 4.78 is 5.47. The van der Waals surface area contributed by atoms with Crippen molar-refractivity contribution in [1.29, 1.82) is 0 Å². The van der Waals surface area contributed by atoms with Crippen LogP contribution in [0.15, 0.2) is 48.6 Å². The topological polar surface area (TPSA) is 95.9 Å². The zero-order valence-electron chi connectivity index (χ0n) is 49.6. The molecule has 0 bridgehead atoms. The van der Waals surface area contributed by atoms with Crippen LogP contribution in [0.2, 0.25) is 0 Å².